The topological polar surface area (TPSA) is 9.23 Å². The van der Waals surface area contributed by atoms with Gasteiger partial charge in [-0.2, -0.15) is 13.2 Å². The number of benzene rings is 2. The third-order valence-electron chi connectivity index (χ3n) is 3.86. The molecule has 25 heavy (non-hydrogen) atoms. The Labute approximate surface area is 147 Å². The fourth-order valence-electron chi connectivity index (χ4n) is 2.51. The normalized spacial score (nSPS) is 11.8. The van der Waals surface area contributed by atoms with Gasteiger partial charge >= 0.3 is 6.18 Å². The predicted molar refractivity (Wildman–Crippen MR) is 95.8 cm³/mol. The van der Waals surface area contributed by atoms with E-state index in [0.717, 1.165) is 23.6 Å². The highest BCUT2D eigenvalue weighted by Gasteiger charge is 2.21. The first-order valence-electron chi connectivity index (χ1n) is 8.54. The summed E-state index contributed by atoms with van der Waals surface area (Å²) < 4.78 is 41.3. The number of ether oxygens (including phenoxy) is 1. The average Bonchev–Trinajstić information content (AvgIpc) is 2.59. The zero-order valence-electron chi connectivity index (χ0n) is 14.4. The van der Waals surface area contributed by atoms with Crippen LogP contribution in [0.2, 0.25) is 0 Å². The summed E-state index contributed by atoms with van der Waals surface area (Å²) in [5, 5.41) is 0. The van der Waals surface area contributed by atoms with Crippen molar-refractivity contribution in [1.29, 1.82) is 0 Å². The van der Waals surface area contributed by atoms with Crippen LogP contribution in [0, 0.1) is 0 Å². The second-order valence-electron chi connectivity index (χ2n) is 5.93. The Bertz CT molecular complexity index is 655. The van der Waals surface area contributed by atoms with E-state index < -0.39 is 6.18 Å². The van der Waals surface area contributed by atoms with Crippen LogP contribution in [0.15, 0.2) is 60.7 Å². The summed E-state index contributed by atoms with van der Waals surface area (Å²) in [6.07, 6.45) is 1.64. The molecule has 0 saturated carbocycles. The summed E-state index contributed by atoms with van der Waals surface area (Å²) in [7, 11) is 0. The third kappa shape index (κ3) is 7.04. The number of rotatable bonds is 8. The maximum atomic E-state index is 12.0. The molecule has 0 atom stereocenters. The molecular weight excluding hydrogens is 325 g/mol. The minimum atomic E-state index is -4.30. The second-order valence-corrected chi connectivity index (χ2v) is 5.93. The molecule has 0 radical (unpaired) electrons. The Morgan fingerprint density at radius 2 is 1.48 bits per heavy atom. The Balaban J connectivity index is 1.90. The van der Waals surface area contributed by atoms with Gasteiger partial charge in [0, 0.05) is 6.08 Å². The summed E-state index contributed by atoms with van der Waals surface area (Å²) in [5.41, 5.74) is 3.51. The Hall–Kier alpha value is -2.23. The average molecular weight is 348 g/mol. The highest BCUT2D eigenvalue weighted by molar-refractivity contribution is 5.64. The van der Waals surface area contributed by atoms with Crippen LogP contribution in [-0.2, 0) is 6.42 Å². The van der Waals surface area contributed by atoms with Crippen LogP contribution in [0.4, 0.5) is 13.2 Å². The lowest BCUT2D eigenvalue weighted by Crippen LogP contribution is -2.02. The lowest BCUT2D eigenvalue weighted by atomic mass is 10.0. The molecule has 0 fully saturated rings. The van der Waals surface area contributed by atoms with Crippen molar-refractivity contribution in [2.75, 3.05) is 6.61 Å². The van der Waals surface area contributed by atoms with Crippen LogP contribution < -0.4 is 4.74 Å². The standard InChI is InChI=1S/C21H23F3O/c1-2-3-4-6-17-7-9-18(10-8-17)19-11-13-20(14-12-19)25-16-5-15-21(22,23)24/h5,7-15H,2-4,6,16H2,1H3. The largest absolute Gasteiger partial charge is 0.490 e. The van der Waals surface area contributed by atoms with Gasteiger partial charge in [0.25, 0.3) is 0 Å². The van der Waals surface area contributed by atoms with Gasteiger partial charge in [0.15, 0.2) is 0 Å². The van der Waals surface area contributed by atoms with Gasteiger partial charge in [-0.25, -0.2) is 0 Å². The minimum Gasteiger partial charge on any atom is -0.490 e. The van der Waals surface area contributed by atoms with Gasteiger partial charge in [-0.1, -0.05) is 56.2 Å². The van der Waals surface area contributed by atoms with E-state index in [1.54, 1.807) is 12.1 Å². The van der Waals surface area contributed by atoms with Crippen molar-refractivity contribution in [2.45, 2.75) is 38.8 Å². The predicted octanol–water partition coefficient (Wildman–Crippen LogP) is 6.58. The van der Waals surface area contributed by atoms with Crippen molar-refractivity contribution >= 4 is 0 Å². The molecule has 0 aliphatic carbocycles. The first-order valence-corrected chi connectivity index (χ1v) is 8.54. The van der Waals surface area contributed by atoms with Crippen LogP contribution in [-0.4, -0.2) is 12.8 Å². The molecular formula is C21H23F3O. The number of aryl methyl sites for hydroxylation is 1. The van der Waals surface area contributed by atoms with Gasteiger partial charge < -0.3 is 4.74 Å². The van der Waals surface area contributed by atoms with E-state index >= 15 is 0 Å². The van der Waals surface area contributed by atoms with E-state index in [0.29, 0.717) is 5.75 Å². The van der Waals surface area contributed by atoms with Crippen molar-refractivity contribution in [2.24, 2.45) is 0 Å². The minimum absolute atomic E-state index is 0.106. The molecule has 0 amide bonds. The van der Waals surface area contributed by atoms with Crippen LogP contribution >= 0.6 is 0 Å². The van der Waals surface area contributed by atoms with E-state index in [-0.39, 0.29) is 12.7 Å². The summed E-state index contributed by atoms with van der Waals surface area (Å²) in [4.78, 5) is 0. The van der Waals surface area contributed by atoms with E-state index in [9.17, 15) is 13.2 Å². The molecule has 1 nitrogen and oxygen atoms in total. The fraction of sp³-hybridized carbons (Fsp3) is 0.333. The molecule has 4 heteroatoms. The number of unbranched alkanes of at least 4 members (excludes halogenated alkanes) is 2. The first kappa shape index (κ1) is 19.1. The maximum Gasteiger partial charge on any atom is 0.409 e. The monoisotopic (exact) mass is 348 g/mol. The zero-order valence-corrected chi connectivity index (χ0v) is 14.4. The molecule has 0 saturated heterocycles. The molecule has 2 aromatic rings. The van der Waals surface area contributed by atoms with E-state index in [2.05, 4.69) is 31.2 Å². The molecule has 0 N–H and O–H groups in total. The summed E-state index contributed by atoms with van der Waals surface area (Å²) >= 11 is 0. The second kappa shape index (κ2) is 9.30. The van der Waals surface area contributed by atoms with Gasteiger partial charge in [-0.3, -0.25) is 0 Å². The smallest absolute Gasteiger partial charge is 0.409 e. The number of allylic oxidation sites excluding steroid dienone is 1. The van der Waals surface area contributed by atoms with Gasteiger partial charge in [0.05, 0.1) is 0 Å². The van der Waals surface area contributed by atoms with Crippen LogP contribution in [0.1, 0.15) is 31.7 Å². The summed E-state index contributed by atoms with van der Waals surface area (Å²) in [6, 6.07) is 15.9. The first-order chi connectivity index (χ1) is 12.0. The van der Waals surface area contributed by atoms with Crippen LogP contribution in [0.25, 0.3) is 11.1 Å². The quantitative estimate of drug-likeness (QED) is 0.386. The summed E-state index contributed by atoms with van der Waals surface area (Å²) in [5.74, 6) is 0.548. The maximum absolute atomic E-state index is 12.0. The Kier molecular flexibility index (Phi) is 7.11. The highest BCUT2D eigenvalue weighted by Crippen LogP contribution is 2.23. The molecule has 134 valence electrons. The number of hydrogen-bond acceptors (Lipinski definition) is 1. The van der Waals surface area contributed by atoms with Gasteiger partial charge in [-0.15, -0.1) is 0 Å². The molecule has 0 unspecified atom stereocenters. The van der Waals surface area contributed by atoms with Crippen molar-refractivity contribution in [3.05, 3.63) is 66.2 Å². The molecule has 0 aliphatic heterocycles. The lowest BCUT2D eigenvalue weighted by Gasteiger charge is -2.07. The number of alkyl halides is 3. The number of hydrogen-bond donors (Lipinski definition) is 0. The van der Waals surface area contributed by atoms with Crippen LogP contribution in [0.5, 0.6) is 5.75 Å². The zero-order chi connectivity index (χ0) is 18.1. The van der Waals surface area contributed by atoms with Crippen LogP contribution in [0.3, 0.4) is 0 Å². The fourth-order valence-corrected chi connectivity index (χ4v) is 2.51. The molecule has 0 aliphatic rings. The van der Waals surface area contributed by atoms with E-state index in [1.807, 2.05) is 12.1 Å². The van der Waals surface area contributed by atoms with E-state index in [1.165, 1.54) is 24.8 Å². The Morgan fingerprint density at radius 3 is 2.04 bits per heavy atom. The molecule has 2 aromatic carbocycles. The van der Waals surface area contributed by atoms with Crippen molar-refractivity contribution in [3.8, 4) is 16.9 Å². The molecule has 2 rings (SSSR count). The molecule has 0 heterocycles. The van der Waals surface area contributed by atoms with Crippen molar-refractivity contribution in [1.82, 2.24) is 0 Å². The van der Waals surface area contributed by atoms with Gasteiger partial charge in [0.1, 0.15) is 12.4 Å². The molecule has 0 bridgehead atoms. The van der Waals surface area contributed by atoms with Gasteiger partial charge in [-0.05, 0) is 47.7 Å². The lowest BCUT2D eigenvalue weighted by molar-refractivity contribution is -0.0801. The third-order valence-corrected chi connectivity index (χ3v) is 3.86. The van der Waals surface area contributed by atoms with Crippen molar-refractivity contribution in [3.63, 3.8) is 0 Å². The highest BCUT2D eigenvalue weighted by atomic mass is 19.4. The number of halogens is 3. The SMILES string of the molecule is CCCCCc1ccc(-c2ccc(OCC=CC(F)(F)F)cc2)cc1. The Morgan fingerprint density at radius 1 is 0.880 bits per heavy atom. The summed E-state index contributed by atoms with van der Waals surface area (Å²) in [6.45, 7) is 2.09. The van der Waals surface area contributed by atoms with Gasteiger partial charge in [0.2, 0.25) is 0 Å². The van der Waals surface area contributed by atoms with E-state index in [4.69, 9.17) is 4.74 Å². The van der Waals surface area contributed by atoms with Crippen molar-refractivity contribution < 1.29 is 17.9 Å². The molecule has 0 aromatic heterocycles. The molecule has 0 spiro atoms.